The molecule has 1 amide bonds. The largest absolute Gasteiger partial charge is 0.494 e. The number of aromatic nitrogens is 2. The second-order valence-electron chi connectivity index (χ2n) is 7.16. The predicted molar refractivity (Wildman–Crippen MR) is 125 cm³/mol. The SMILES string of the molecule is CCOc1ccc(-c2c(C)sc3ncn(C(C)C(=O)Nc4ccccc4)c(=O)c23)cc1. The molecule has 2 aromatic heterocycles. The van der Waals surface area contributed by atoms with Gasteiger partial charge in [-0.25, -0.2) is 4.98 Å². The van der Waals surface area contributed by atoms with E-state index in [2.05, 4.69) is 10.3 Å². The van der Waals surface area contributed by atoms with Crippen LogP contribution in [0.15, 0.2) is 65.7 Å². The molecular formula is C24H23N3O3S. The lowest BCUT2D eigenvalue weighted by Crippen LogP contribution is -2.31. The molecular weight excluding hydrogens is 410 g/mol. The molecule has 0 aliphatic heterocycles. The second-order valence-corrected chi connectivity index (χ2v) is 8.36. The van der Waals surface area contributed by atoms with Gasteiger partial charge in [0.1, 0.15) is 16.6 Å². The average Bonchev–Trinajstić information content (AvgIpc) is 3.12. The van der Waals surface area contributed by atoms with Gasteiger partial charge in [-0.3, -0.25) is 14.2 Å². The number of carbonyl (C=O) groups excluding carboxylic acids is 1. The lowest BCUT2D eigenvalue weighted by Gasteiger charge is -2.15. The van der Waals surface area contributed by atoms with Gasteiger partial charge >= 0.3 is 0 Å². The summed E-state index contributed by atoms with van der Waals surface area (Å²) < 4.78 is 6.92. The highest BCUT2D eigenvalue weighted by atomic mass is 32.1. The maximum absolute atomic E-state index is 13.4. The highest BCUT2D eigenvalue weighted by molar-refractivity contribution is 7.19. The molecule has 0 saturated carbocycles. The van der Waals surface area contributed by atoms with Crippen molar-refractivity contribution in [3.63, 3.8) is 0 Å². The Morgan fingerprint density at radius 1 is 1.16 bits per heavy atom. The number of hydrogen-bond acceptors (Lipinski definition) is 5. The van der Waals surface area contributed by atoms with Crippen molar-refractivity contribution < 1.29 is 9.53 Å². The number of amides is 1. The van der Waals surface area contributed by atoms with Gasteiger partial charge in [0.25, 0.3) is 5.56 Å². The van der Waals surface area contributed by atoms with Gasteiger partial charge in [-0.2, -0.15) is 0 Å². The number of rotatable bonds is 6. The molecule has 6 nitrogen and oxygen atoms in total. The van der Waals surface area contributed by atoms with E-state index in [0.717, 1.165) is 21.8 Å². The summed E-state index contributed by atoms with van der Waals surface area (Å²) in [4.78, 5) is 32.3. The zero-order valence-electron chi connectivity index (χ0n) is 17.6. The average molecular weight is 434 g/mol. The van der Waals surface area contributed by atoms with Crippen molar-refractivity contribution in [3.8, 4) is 16.9 Å². The third-order valence-electron chi connectivity index (χ3n) is 5.11. The quantitative estimate of drug-likeness (QED) is 0.463. The lowest BCUT2D eigenvalue weighted by atomic mass is 10.0. The number of para-hydroxylation sites is 1. The first-order valence-electron chi connectivity index (χ1n) is 10.1. The van der Waals surface area contributed by atoms with Gasteiger partial charge in [-0.1, -0.05) is 30.3 Å². The first-order valence-corrected chi connectivity index (χ1v) is 10.9. The van der Waals surface area contributed by atoms with Crippen molar-refractivity contribution in [3.05, 3.63) is 76.2 Å². The van der Waals surface area contributed by atoms with Crippen LogP contribution in [0.2, 0.25) is 0 Å². The van der Waals surface area contributed by atoms with E-state index in [1.54, 1.807) is 19.1 Å². The number of hydrogen-bond donors (Lipinski definition) is 1. The van der Waals surface area contributed by atoms with Crippen LogP contribution in [-0.2, 0) is 4.79 Å². The third kappa shape index (κ3) is 4.09. The molecule has 2 aromatic carbocycles. The smallest absolute Gasteiger partial charge is 0.263 e. The Morgan fingerprint density at radius 2 is 1.87 bits per heavy atom. The summed E-state index contributed by atoms with van der Waals surface area (Å²) in [6, 6.07) is 16.2. The minimum Gasteiger partial charge on any atom is -0.494 e. The van der Waals surface area contributed by atoms with E-state index >= 15 is 0 Å². The van der Waals surface area contributed by atoms with Gasteiger partial charge in [-0.05, 0) is 50.6 Å². The molecule has 0 radical (unpaired) electrons. The summed E-state index contributed by atoms with van der Waals surface area (Å²) in [6.45, 7) is 6.21. The molecule has 4 rings (SSSR count). The molecule has 31 heavy (non-hydrogen) atoms. The number of nitrogens with zero attached hydrogens (tertiary/aromatic N) is 2. The van der Waals surface area contributed by atoms with E-state index < -0.39 is 6.04 Å². The first-order chi connectivity index (χ1) is 15.0. The highest BCUT2D eigenvalue weighted by Gasteiger charge is 2.22. The van der Waals surface area contributed by atoms with Crippen LogP contribution in [0.3, 0.4) is 0 Å². The standard InChI is InChI=1S/C24H23N3O3S/c1-4-30-19-12-10-17(11-13-19)20-16(3)31-23-21(20)24(29)27(14-25-23)15(2)22(28)26-18-8-6-5-7-9-18/h5-15H,4H2,1-3H3,(H,26,28). The molecule has 158 valence electrons. The van der Waals surface area contributed by atoms with E-state index in [1.807, 2.05) is 56.3 Å². The van der Waals surface area contributed by atoms with Crippen molar-refractivity contribution in [2.45, 2.75) is 26.8 Å². The van der Waals surface area contributed by atoms with Crippen LogP contribution in [0, 0.1) is 6.92 Å². The summed E-state index contributed by atoms with van der Waals surface area (Å²) >= 11 is 1.48. The van der Waals surface area contributed by atoms with Gasteiger partial charge < -0.3 is 10.1 Å². The Labute approximate surface area is 184 Å². The number of anilines is 1. The fourth-order valence-electron chi connectivity index (χ4n) is 3.52. The molecule has 1 N–H and O–H groups in total. The van der Waals surface area contributed by atoms with Crippen LogP contribution in [0.4, 0.5) is 5.69 Å². The Balaban J connectivity index is 1.73. The van der Waals surface area contributed by atoms with E-state index in [-0.39, 0.29) is 11.5 Å². The topological polar surface area (TPSA) is 73.2 Å². The number of carbonyl (C=O) groups is 1. The van der Waals surface area contributed by atoms with Crippen LogP contribution in [0.25, 0.3) is 21.3 Å². The molecule has 1 unspecified atom stereocenters. The van der Waals surface area contributed by atoms with Gasteiger partial charge in [-0.15, -0.1) is 11.3 Å². The Hall–Kier alpha value is -3.45. The maximum atomic E-state index is 13.4. The van der Waals surface area contributed by atoms with Crippen LogP contribution in [0.1, 0.15) is 24.8 Å². The number of fused-ring (bicyclic) bond motifs is 1. The van der Waals surface area contributed by atoms with Gasteiger partial charge in [0, 0.05) is 16.1 Å². The molecule has 7 heteroatoms. The zero-order chi connectivity index (χ0) is 22.0. The summed E-state index contributed by atoms with van der Waals surface area (Å²) in [5.74, 6) is 0.509. The number of ether oxygens (including phenoxy) is 1. The van der Waals surface area contributed by atoms with Gasteiger partial charge in [0.05, 0.1) is 18.3 Å². The summed E-state index contributed by atoms with van der Waals surface area (Å²) in [6.07, 6.45) is 1.46. The molecule has 0 aliphatic carbocycles. The second kappa shape index (κ2) is 8.73. The zero-order valence-corrected chi connectivity index (χ0v) is 18.4. The Morgan fingerprint density at radius 3 is 2.55 bits per heavy atom. The molecule has 4 aromatic rings. The predicted octanol–water partition coefficient (Wildman–Crippen LogP) is 5.03. The van der Waals surface area contributed by atoms with Crippen LogP contribution >= 0.6 is 11.3 Å². The number of aryl methyl sites for hydroxylation is 1. The molecule has 0 spiro atoms. The van der Waals surface area contributed by atoms with Crippen LogP contribution in [-0.4, -0.2) is 22.1 Å². The van der Waals surface area contributed by atoms with Crippen molar-refractivity contribution in [1.29, 1.82) is 0 Å². The lowest BCUT2D eigenvalue weighted by molar-refractivity contribution is -0.118. The Bertz CT molecular complexity index is 1280. The summed E-state index contributed by atoms with van der Waals surface area (Å²) in [5, 5.41) is 3.38. The molecule has 1 atom stereocenters. The Kier molecular flexibility index (Phi) is 5.86. The van der Waals surface area contributed by atoms with Crippen LogP contribution < -0.4 is 15.6 Å². The summed E-state index contributed by atoms with van der Waals surface area (Å²) in [7, 11) is 0. The van der Waals surface area contributed by atoms with Crippen molar-refractivity contribution in [2.75, 3.05) is 11.9 Å². The first kappa shape index (κ1) is 20.8. The molecule has 0 bridgehead atoms. The normalized spacial score (nSPS) is 12.0. The third-order valence-corrected chi connectivity index (χ3v) is 6.12. The maximum Gasteiger partial charge on any atom is 0.263 e. The van der Waals surface area contributed by atoms with E-state index in [1.165, 1.54) is 22.2 Å². The molecule has 0 fully saturated rings. The van der Waals surface area contributed by atoms with Gasteiger partial charge in [0.2, 0.25) is 5.91 Å². The van der Waals surface area contributed by atoms with Crippen molar-refractivity contribution in [2.24, 2.45) is 0 Å². The monoisotopic (exact) mass is 433 g/mol. The number of benzene rings is 2. The molecule has 0 saturated heterocycles. The fourth-order valence-corrected chi connectivity index (χ4v) is 4.52. The van der Waals surface area contributed by atoms with Crippen molar-refractivity contribution >= 4 is 33.1 Å². The van der Waals surface area contributed by atoms with E-state index in [4.69, 9.17) is 4.74 Å². The van der Waals surface area contributed by atoms with Gasteiger partial charge in [0.15, 0.2) is 0 Å². The molecule has 0 aliphatic rings. The van der Waals surface area contributed by atoms with E-state index in [9.17, 15) is 9.59 Å². The van der Waals surface area contributed by atoms with Crippen molar-refractivity contribution in [1.82, 2.24) is 9.55 Å². The number of nitrogens with one attached hydrogen (secondary N) is 1. The number of thiophene rings is 1. The van der Waals surface area contributed by atoms with Crippen LogP contribution in [0.5, 0.6) is 5.75 Å². The minimum atomic E-state index is -0.710. The summed E-state index contributed by atoms with van der Waals surface area (Å²) in [5.41, 5.74) is 2.23. The highest BCUT2D eigenvalue weighted by Crippen LogP contribution is 2.36. The minimum absolute atomic E-state index is 0.228. The fraction of sp³-hybridized carbons (Fsp3) is 0.208. The molecule has 2 heterocycles. The van der Waals surface area contributed by atoms with E-state index in [0.29, 0.717) is 22.5 Å².